The van der Waals surface area contributed by atoms with Gasteiger partial charge in [0.05, 0.1) is 5.56 Å². The van der Waals surface area contributed by atoms with Crippen LogP contribution >= 0.6 is 0 Å². The number of nitrogens with two attached hydrogens (primary N) is 1. The average Bonchev–Trinajstić information content (AvgIpc) is 2.91. The molecule has 1 aliphatic carbocycles. The molecule has 0 bridgehead atoms. The van der Waals surface area contributed by atoms with Crippen LogP contribution in [0.15, 0.2) is 24.3 Å². The van der Waals surface area contributed by atoms with Crippen LogP contribution in [0.1, 0.15) is 36.8 Å². The van der Waals surface area contributed by atoms with E-state index in [0.29, 0.717) is 5.56 Å². The van der Waals surface area contributed by atoms with Crippen molar-refractivity contribution in [2.75, 3.05) is 0 Å². The van der Waals surface area contributed by atoms with Crippen LogP contribution in [0.25, 0.3) is 0 Å². The molecule has 2 rings (SSSR count). The molecule has 1 aromatic carbocycles. The summed E-state index contributed by atoms with van der Waals surface area (Å²) in [6.07, 6.45) is -2.69. The highest BCUT2D eigenvalue weighted by Crippen LogP contribution is 2.51. The van der Waals surface area contributed by atoms with Gasteiger partial charge in [0, 0.05) is 11.5 Å². The standard InChI is InChI=1S/C12H14F3N/c1-2-11(16)7-10(11)8-4-3-5-9(6-8)12(13,14)15/h3-6,10H,2,7,16H2,1H3/t10-,11+/m0/s1. The van der Waals surface area contributed by atoms with E-state index in [1.54, 1.807) is 6.07 Å². The lowest BCUT2D eigenvalue weighted by Gasteiger charge is -2.11. The normalized spacial score (nSPS) is 29.2. The highest BCUT2D eigenvalue weighted by Gasteiger charge is 2.50. The van der Waals surface area contributed by atoms with Gasteiger partial charge in [0.2, 0.25) is 0 Å². The summed E-state index contributed by atoms with van der Waals surface area (Å²) in [6, 6.07) is 5.49. The zero-order valence-corrected chi connectivity index (χ0v) is 9.01. The third-order valence-electron chi connectivity index (χ3n) is 3.39. The van der Waals surface area contributed by atoms with Gasteiger partial charge in [0.15, 0.2) is 0 Å². The predicted molar refractivity (Wildman–Crippen MR) is 56.0 cm³/mol. The second kappa shape index (κ2) is 3.48. The first-order chi connectivity index (χ1) is 7.37. The molecule has 1 aromatic rings. The topological polar surface area (TPSA) is 26.0 Å². The second-order valence-electron chi connectivity index (χ2n) is 4.47. The van der Waals surface area contributed by atoms with Gasteiger partial charge in [-0.1, -0.05) is 25.1 Å². The van der Waals surface area contributed by atoms with Crippen LogP contribution in [0.4, 0.5) is 13.2 Å². The fraction of sp³-hybridized carbons (Fsp3) is 0.500. The third kappa shape index (κ3) is 1.94. The Morgan fingerprint density at radius 2 is 2.12 bits per heavy atom. The molecule has 0 radical (unpaired) electrons. The molecule has 0 unspecified atom stereocenters. The molecule has 0 saturated heterocycles. The highest BCUT2D eigenvalue weighted by atomic mass is 19.4. The highest BCUT2D eigenvalue weighted by molar-refractivity contribution is 5.36. The van der Waals surface area contributed by atoms with Gasteiger partial charge < -0.3 is 5.73 Å². The number of benzene rings is 1. The molecule has 0 amide bonds. The SMILES string of the molecule is CC[C@@]1(N)C[C@H]1c1cccc(C(F)(F)F)c1. The molecule has 4 heteroatoms. The Hall–Kier alpha value is -1.03. The van der Waals surface area contributed by atoms with Gasteiger partial charge in [0.25, 0.3) is 0 Å². The molecule has 0 aromatic heterocycles. The molecule has 1 saturated carbocycles. The Kier molecular flexibility index (Phi) is 2.49. The zero-order valence-electron chi connectivity index (χ0n) is 9.01. The quantitative estimate of drug-likeness (QED) is 0.827. The van der Waals surface area contributed by atoms with Crippen LogP contribution in [0.3, 0.4) is 0 Å². The van der Waals surface area contributed by atoms with Crippen LogP contribution in [0.2, 0.25) is 0 Å². The smallest absolute Gasteiger partial charge is 0.325 e. The summed E-state index contributed by atoms with van der Waals surface area (Å²) in [5.74, 6) is 0.0831. The molecule has 2 N–H and O–H groups in total. The lowest BCUT2D eigenvalue weighted by Crippen LogP contribution is -2.22. The third-order valence-corrected chi connectivity index (χ3v) is 3.39. The van der Waals surface area contributed by atoms with E-state index in [4.69, 9.17) is 5.73 Å². The summed E-state index contributed by atoms with van der Waals surface area (Å²) in [6.45, 7) is 1.97. The van der Waals surface area contributed by atoms with Crippen LogP contribution < -0.4 is 5.73 Å². The van der Waals surface area contributed by atoms with Gasteiger partial charge in [-0.2, -0.15) is 13.2 Å². The first-order valence-electron chi connectivity index (χ1n) is 5.33. The summed E-state index contributed by atoms with van der Waals surface area (Å²) in [5, 5.41) is 0. The predicted octanol–water partition coefficient (Wildman–Crippen LogP) is 3.30. The van der Waals surface area contributed by atoms with Crippen molar-refractivity contribution in [2.24, 2.45) is 5.73 Å². The molecular formula is C12H14F3N. The minimum Gasteiger partial charge on any atom is -0.325 e. The van der Waals surface area contributed by atoms with E-state index in [1.807, 2.05) is 6.92 Å². The Balaban J connectivity index is 2.25. The molecule has 88 valence electrons. The molecule has 16 heavy (non-hydrogen) atoms. The van der Waals surface area contributed by atoms with Crippen molar-refractivity contribution in [3.05, 3.63) is 35.4 Å². The first kappa shape index (κ1) is 11.5. The molecule has 1 aliphatic rings. The van der Waals surface area contributed by atoms with Crippen molar-refractivity contribution in [3.8, 4) is 0 Å². The fourth-order valence-electron chi connectivity index (χ4n) is 2.09. The van der Waals surface area contributed by atoms with E-state index in [2.05, 4.69) is 0 Å². The summed E-state index contributed by atoms with van der Waals surface area (Å²) in [5.41, 5.74) is 5.83. The van der Waals surface area contributed by atoms with E-state index < -0.39 is 11.7 Å². The lowest BCUT2D eigenvalue weighted by molar-refractivity contribution is -0.137. The van der Waals surface area contributed by atoms with E-state index in [0.717, 1.165) is 18.9 Å². The molecule has 1 nitrogen and oxygen atoms in total. The minimum atomic E-state index is -4.27. The minimum absolute atomic E-state index is 0.0831. The van der Waals surface area contributed by atoms with Gasteiger partial charge >= 0.3 is 6.18 Å². The zero-order chi connectivity index (χ0) is 12.0. The van der Waals surface area contributed by atoms with E-state index in [1.165, 1.54) is 12.1 Å². The first-order valence-corrected chi connectivity index (χ1v) is 5.33. The molecule has 0 spiro atoms. The van der Waals surface area contributed by atoms with Gasteiger partial charge in [-0.3, -0.25) is 0 Å². The molecule has 0 aliphatic heterocycles. The summed E-state index contributed by atoms with van der Waals surface area (Å²) >= 11 is 0. The number of rotatable bonds is 2. The lowest BCUT2D eigenvalue weighted by atomic mass is 10.0. The number of halogens is 3. The van der Waals surface area contributed by atoms with E-state index in [-0.39, 0.29) is 11.5 Å². The molecule has 1 fully saturated rings. The Labute approximate surface area is 92.5 Å². The Morgan fingerprint density at radius 3 is 2.62 bits per heavy atom. The van der Waals surface area contributed by atoms with Gasteiger partial charge in [-0.05, 0) is 24.5 Å². The van der Waals surface area contributed by atoms with Crippen LogP contribution in [-0.2, 0) is 6.18 Å². The maximum Gasteiger partial charge on any atom is 0.416 e. The van der Waals surface area contributed by atoms with Crippen LogP contribution in [0, 0.1) is 0 Å². The number of alkyl halides is 3. The maximum atomic E-state index is 12.5. The van der Waals surface area contributed by atoms with Crippen LogP contribution in [0.5, 0.6) is 0 Å². The summed E-state index contributed by atoms with van der Waals surface area (Å²) < 4.78 is 37.5. The maximum absolute atomic E-state index is 12.5. The largest absolute Gasteiger partial charge is 0.416 e. The number of hydrogen-bond acceptors (Lipinski definition) is 1. The van der Waals surface area contributed by atoms with Gasteiger partial charge in [-0.25, -0.2) is 0 Å². The summed E-state index contributed by atoms with van der Waals surface area (Å²) in [7, 11) is 0. The summed E-state index contributed by atoms with van der Waals surface area (Å²) in [4.78, 5) is 0. The molecular weight excluding hydrogens is 215 g/mol. The van der Waals surface area contributed by atoms with Gasteiger partial charge in [-0.15, -0.1) is 0 Å². The van der Waals surface area contributed by atoms with Crippen molar-refractivity contribution in [2.45, 2.75) is 37.4 Å². The van der Waals surface area contributed by atoms with Gasteiger partial charge in [0.1, 0.15) is 0 Å². The van der Waals surface area contributed by atoms with Crippen molar-refractivity contribution < 1.29 is 13.2 Å². The van der Waals surface area contributed by atoms with E-state index >= 15 is 0 Å². The fourth-order valence-corrected chi connectivity index (χ4v) is 2.09. The van der Waals surface area contributed by atoms with Crippen molar-refractivity contribution in [1.29, 1.82) is 0 Å². The molecule has 0 heterocycles. The molecule has 2 atom stereocenters. The Bertz CT molecular complexity index is 399. The second-order valence-corrected chi connectivity index (χ2v) is 4.47. The average molecular weight is 229 g/mol. The Morgan fingerprint density at radius 1 is 1.44 bits per heavy atom. The van der Waals surface area contributed by atoms with Crippen molar-refractivity contribution in [1.82, 2.24) is 0 Å². The van der Waals surface area contributed by atoms with Crippen molar-refractivity contribution in [3.63, 3.8) is 0 Å². The number of hydrogen-bond donors (Lipinski definition) is 1. The van der Waals surface area contributed by atoms with Crippen molar-refractivity contribution >= 4 is 0 Å². The van der Waals surface area contributed by atoms with E-state index in [9.17, 15) is 13.2 Å². The van der Waals surface area contributed by atoms with Crippen LogP contribution in [-0.4, -0.2) is 5.54 Å². The monoisotopic (exact) mass is 229 g/mol.